The van der Waals surface area contributed by atoms with Gasteiger partial charge < -0.3 is 4.74 Å². The summed E-state index contributed by atoms with van der Waals surface area (Å²) in [5.74, 6) is 1.52. The van der Waals surface area contributed by atoms with E-state index in [1.807, 2.05) is 6.92 Å². The van der Waals surface area contributed by atoms with E-state index in [1.54, 1.807) is 0 Å². The molecule has 0 radical (unpaired) electrons. The van der Waals surface area contributed by atoms with Gasteiger partial charge in [0.15, 0.2) is 6.61 Å². The van der Waals surface area contributed by atoms with Crippen molar-refractivity contribution in [2.45, 2.75) is 26.2 Å². The first-order chi connectivity index (χ1) is 5.70. The zero-order valence-electron chi connectivity index (χ0n) is 7.13. The van der Waals surface area contributed by atoms with Crippen LogP contribution in [0.5, 0.6) is 0 Å². The van der Waals surface area contributed by atoms with Gasteiger partial charge in [-0.1, -0.05) is 12.8 Å². The highest BCUT2D eigenvalue weighted by Gasteiger charge is 2.08. The monoisotopic (exact) mass is 168 g/mol. The molecule has 3 nitrogen and oxygen atoms in total. The second-order valence-electron chi connectivity index (χ2n) is 2.33. The molecule has 66 valence electrons. The van der Waals surface area contributed by atoms with Crippen LogP contribution in [0, 0.1) is 12.3 Å². The van der Waals surface area contributed by atoms with Crippen LogP contribution in [0.3, 0.4) is 0 Å². The smallest absolute Gasteiger partial charge is 0.314 e. The van der Waals surface area contributed by atoms with E-state index in [1.165, 1.54) is 0 Å². The zero-order valence-corrected chi connectivity index (χ0v) is 7.13. The fourth-order valence-corrected chi connectivity index (χ4v) is 0.701. The van der Waals surface area contributed by atoms with Crippen LogP contribution in [-0.4, -0.2) is 18.4 Å². The van der Waals surface area contributed by atoms with Crippen molar-refractivity contribution in [3.63, 3.8) is 0 Å². The first kappa shape index (κ1) is 10.7. The molecule has 3 heteroatoms. The topological polar surface area (TPSA) is 43.4 Å². The Balaban J connectivity index is 3.56. The number of rotatable bonds is 5. The molecule has 0 aromatic heterocycles. The fourth-order valence-electron chi connectivity index (χ4n) is 0.701. The van der Waals surface area contributed by atoms with Gasteiger partial charge in [0.2, 0.25) is 0 Å². The van der Waals surface area contributed by atoms with Crippen molar-refractivity contribution in [2.75, 3.05) is 6.61 Å². The summed E-state index contributed by atoms with van der Waals surface area (Å²) in [5, 5.41) is 0. The van der Waals surface area contributed by atoms with E-state index in [9.17, 15) is 9.59 Å². The maximum atomic E-state index is 10.9. The number of hydrogen-bond donors (Lipinski definition) is 0. The largest absolute Gasteiger partial charge is 0.452 e. The van der Waals surface area contributed by atoms with Gasteiger partial charge in [-0.3, -0.25) is 9.59 Å². The predicted octanol–water partition coefficient (Wildman–Crippen LogP) is 0.922. The Morgan fingerprint density at radius 1 is 1.50 bits per heavy atom. The SMILES string of the molecule is C#CCOC(=O)CC(=O)CCC. The van der Waals surface area contributed by atoms with E-state index in [0.717, 1.165) is 6.42 Å². The zero-order chi connectivity index (χ0) is 9.40. The Labute approximate surface area is 72.1 Å². The molecular weight excluding hydrogens is 156 g/mol. The van der Waals surface area contributed by atoms with E-state index >= 15 is 0 Å². The molecule has 0 saturated carbocycles. The van der Waals surface area contributed by atoms with E-state index in [0.29, 0.717) is 6.42 Å². The van der Waals surface area contributed by atoms with Crippen LogP contribution in [0.25, 0.3) is 0 Å². The van der Waals surface area contributed by atoms with E-state index in [4.69, 9.17) is 6.42 Å². The second-order valence-corrected chi connectivity index (χ2v) is 2.33. The molecule has 0 rings (SSSR count). The molecule has 0 unspecified atom stereocenters. The highest BCUT2D eigenvalue weighted by atomic mass is 16.5. The van der Waals surface area contributed by atoms with E-state index in [2.05, 4.69) is 10.7 Å². The molecule has 0 bridgehead atoms. The maximum absolute atomic E-state index is 10.9. The van der Waals surface area contributed by atoms with Gasteiger partial charge in [-0.25, -0.2) is 0 Å². The summed E-state index contributed by atoms with van der Waals surface area (Å²) < 4.78 is 4.51. The molecule has 0 aliphatic heterocycles. The van der Waals surface area contributed by atoms with Crippen molar-refractivity contribution in [1.82, 2.24) is 0 Å². The summed E-state index contributed by atoms with van der Waals surface area (Å²) in [6.07, 6.45) is 5.87. The van der Waals surface area contributed by atoms with Gasteiger partial charge in [-0.05, 0) is 6.42 Å². The summed E-state index contributed by atoms with van der Waals surface area (Å²) in [7, 11) is 0. The molecular formula is C9H12O3. The number of ketones is 1. The molecule has 0 amide bonds. The normalized spacial score (nSPS) is 8.67. The maximum Gasteiger partial charge on any atom is 0.314 e. The van der Waals surface area contributed by atoms with Crippen LogP contribution < -0.4 is 0 Å². The number of Topliss-reactive ketones (excluding diaryl/α,β-unsaturated/α-hetero) is 1. The number of esters is 1. The lowest BCUT2D eigenvalue weighted by atomic mass is 10.2. The van der Waals surface area contributed by atoms with Gasteiger partial charge in [0.05, 0.1) is 0 Å². The number of carbonyl (C=O) groups excluding carboxylic acids is 2. The second kappa shape index (κ2) is 6.41. The van der Waals surface area contributed by atoms with Gasteiger partial charge in [0, 0.05) is 6.42 Å². The van der Waals surface area contributed by atoms with Crippen molar-refractivity contribution in [2.24, 2.45) is 0 Å². The summed E-state index contributed by atoms with van der Waals surface area (Å²) in [6, 6.07) is 0. The molecule has 0 spiro atoms. The van der Waals surface area contributed by atoms with Crippen LogP contribution in [0.15, 0.2) is 0 Å². The molecule has 0 atom stereocenters. The molecule has 0 aliphatic rings. The van der Waals surface area contributed by atoms with E-state index < -0.39 is 5.97 Å². The van der Waals surface area contributed by atoms with Crippen LogP contribution >= 0.6 is 0 Å². The van der Waals surface area contributed by atoms with Crippen molar-refractivity contribution >= 4 is 11.8 Å². The Morgan fingerprint density at radius 3 is 2.67 bits per heavy atom. The summed E-state index contributed by atoms with van der Waals surface area (Å²) in [6.45, 7) is 1.82. The minimum absolute atomic E-state index is 0.0573. The fraction of sp³-hybridized carbons (Fsp3) is 0.556. The minimum Gasteiger partial charge on any atom is -0.452 e. The molecule has 0 fully saturated rings. The predicted molar refractivity (Wildman–Crippen MR) is 44.3 cm³/mol. The first-order valence-corrected chi connectivity index (χ1v) is 3.81. The molecule has 12 heavy (non-hydrogen) atoms. The van der Waals surface area contributed by atoms with Gasteiger partial charge in [-0.2, -0.15) is 0 Å². The standard InChI is InChI=1S/C9H12O3/c1-3-5-8(10)7-9(11)12-6-4-2/h2H,3,5-7H2,1H3. The van der Waals surface area contributed by atoms with Crippen molar-refractivity contribution in [3.05, 3.63) is 0 Å². The molecule has 0 aliphatic carbocycles. The third-order valence-electron chi connectivity index (χ3n) is 1.19. The van der Waals surface area contributed by atoms with Crippen LogP contribution in [0.2, 0.25) is 0 Å². The average molecular weight is 168 g/mol. The summed E-state index contributed by atoms with van der Waals surface area (Å²) >= 11 is 0. The van der Waals surface area contributed by atoms with Gasteiger partial charge in [-0.15, -0.1) is 6.42 Å². The van der Waals surface area contributed by atoms with Crippen LogP contribution in [0.4, 0.5) is 0 Å². The highest BCUT2D eigenvalue weighted by Crippen LogP contribution is 1.95. The van der Waals surface area contributed by atoms with Crippen molar-refractivity contribution in [1.29, 1.82) is 0 Å². The third-order valence-corrected chi connectivity index (χ3v) is 1.19. The lowest BCUT2D eigenvalue weighted by Crippen LogP contribution is -2.10. The number of carbonyl (C=O) groups is 2. The minimum atomic E-state index is -0.536. The molecule has 0 aromatic rings. The van der Waals surface area contributed by atoms with Crippen molar-refractivity contribution in [3.8, 4) is 12.3 Å². The Bertz CT molecular complexity index is 200. The Hall–Kier alpha value is -1.30. The molecule has 0 heterocycles. The van der Waals surface area contributed by atoms with Gasteiger partial charge in [0.1, 0.15) is 12.2 Å². The highest BCUT2D eigenvalue weighted by molar-refractivity contribution is 5.95. The van der Waals surface area contributed by atoms with E-state index in [-0.39, 0.29) is 18.8 Å². The van der Waals surface area contributed by atoms with Crippen LogP contribution in [-0.2, 0) is 14.3 Å². The molecule has 0 saturated heterocycles. The van der Waals surface area contributed by atoms with Crippen molar-refractivity contribution < 1.29 is 14.3 Å². The first-order valence-electron chi connectivity index (χ1n) is 3.81. The number of ether oxygens (including phenoxy) is 1. The van der Waals surface area contributed by atoms with Gasteiger partial charge >= 0.3 is 5.97 Å². The summed E-state index contributed by atoms with van der Waals surface area (Å²) in [5.41, 5.74) is 0. The third kappa shape index (κ3) is 5.48. The summed E-state index contributed by atoms with van der Waals surface area (Å²) in [4.78, 5) is 21.6. The number of terminal acetylenes is 1. The Morgan fingerprint density at radius 2 is 2.17 bits per heavy atom. The van der Waals surface area contributed by atoms with Crippen LogP contribution in [0.1, 0.15) is 26.2 Å². The molecule has 0 aromatic carbocycles. The number of hydrogen-bond acceptors (Lipinski definition) is 3. The quantitative estimate of drug-likeness (QED) is 0.348. The average Bonchev–Trinajstić information content (AvgIpc) is 2.01. The lowest BCUT2D eigenvalue weighted by molar-refractivity contribution is -0.144. The molecule has 0 N–H and O–H groups in total. The van der Waals surface area contributed by atoms with Gasteiger partial charge in [0.25, 0.3) is 0 Å². The lowest BCUT2D eigenvalue weighted by Gasteiger charge is -1.98. The Kier molecular flexibility index (Phi) is 5.72.